The molecule has 7 nitrogen and oxygen atoms in total. The fourth-order valence-electron chi connectivity index (χ4n) is 2.52. The lowest BCUT2D eigenvalue weighted by Crippen LogP contribution is -2.26. The number of nitrogens with zero attached hydrogens (tertiary/aromatic N) is 2. The second-order valence-electron chi connectivity index (χ2n) is 6.11. The highest BCUT2D eigenvalue weighted by Gasteiger charge is 2.25. The van der Waals surface area contributed by atoms with E-state index in [2.05, 4.69) is 10.3 Å². The average molecular weight is 446 g/mol. The second-order valence-corrected chi connectivity index (χ2v) is 8.97. The number of carbonyl (C=O) groups is 1. The molecule has 0 atom stereocenters. The Bertz CT molecular complexity index is 965. The molecule has 2 aromatic rings. The van der Waals surface area contributed by atoms with Gasteiger partial charge in [-0.3, -0.25) is 4.79 Å². The van der Waals surface area contributed by atoms with Crippen molar-refractivity contribution in [2.45, 2.75) is 11.4 Å². The minimum atomic E-state index is -3.72. The summed E-state index contributed by atoms with van der Waals surface area (Å²) in [6.45, 7) is 0.185. The van der Waals surface area contributed by atoms with E-state index in [9.17, 15) is 13.2 Å². The van der Waals surface area contributed by atoms with Crippen LogP contribution < -0.4 is 10.2 Å². The van der Waals surface area contributed by atoms with Crippen molar-refractivity contribution in [1.82, 2.24) is 10.3 Å². The van der Waals surface area contributed by atoms with E-state index in [1.54, 1.807) is 12.3 Å². The summed E-state index contributed by atoms with van der Waals surface area (Å²) in [5.41, 5.74) is 0.703. The molecule has 2 rings (SSSR count). The molecule has 152 valence electrons. The van der Waals surface area contributed by atoms with Gasteiger partial charge in [-0.2, -0.15) is 0 Å². The average Bonchev–Trinajstić information content (AvgIpc) is 2.64. The molecule has 1 aromatic carbocycles. The molecule has 1 amide bonds. The van der Waals surface area contributed by atoms with Gasteiger partial charge in [0.25, 0.3) is 5.91 Å². The Labute approximate surface area is 174 Å². The lowest BCUT2D eigenvalue weighted by molar-refractivity contribution is 0.0951. The number of methoxy groups -OCH3 is 1. The molecule has 0 bridgehead atoms. The summed E-state index contributed by atoms with van der Waals surface area (Å²) < 4.78 is 29.7. The van der Waals surface area contributed by atoms with Crippen LogP contribution in [0, 0.1) is 0 Å². The molecule has 0 unspecified atom stereocenters. The zero-order valence-corrected chi connectivity index (χ0v) is 18.0. The first-order valence-electron chi connectivity index (χ1n) is 8.28. The van der Waals surface area contributed by atoms with E-state index in [0.717, 1.165) is 5.56 Å². The van der Waals surface area contributed by atoms with Crippen molar-refractivity contribution < 1.29 is 17.9 Å². The summed E-state index contributed by atoms with van der Waals surface area (Å²) in [4.78, 5) is 18.6. The predicted molar refractivity (Wildman–Crippen MR) is 110 cm³/mol. The highest BCUT2D eigenvalue weighted by molar-refractivity contribution is 7.91. The predicted octanol–water partition coefficient (Wildman–Crippen LogP) is 2.80. The van der Waals surface area contributed by atoms with Gasteiger partial charge in [0.15, 0.2) is 9.84 Å². The van der Waals surface area contributed by atoms with E-state index < -0.39 is 15.7 Å². The molecule has 1 aromatic heterocycles. The molecule has 1 heterocycles. The zero-order chi connectivity index (χ0) is 20.9. The molecule has 0 saturated heterocycles. The Hall–Kier alpha value is -1.87. The van der Waals surface area contributed by atoms with Crippen LogP contribution in [0.25, 0.3) is 0 Å². The van der Waals surface area contributed by atoms with Gasteiger partial charge in [-0.1, -0.05) is 29.3 Å². The van der Waals surface area contributed by atoms with Crippen molar-refractivity contribution in [1.29, 1.82) is 0 Å². The Kier molecular flexibility index (Phi) is 7.65. The van der Waals surface area contributed by atoms with Crippen LogP contribution in [0.5, 0.6) is 0 Å². The largest absolute Gasteiger partial charge is 0.384 e. The van der Waals surface area contributed by atoms with Crippen LogP contribution in [-0.2, 0) is 21.1 Å². The van der Waals surface area contributed by atoms with Gasteiger partial charge in [0, 0.05) is 39.5 Å². The van der Waals surface area contributed by atoms with Crippen molar-refractivity contribution in [3.63, 3.8) is 0 Å². The summed E-state index contributed by atoms with van der Waals surface area (Å²) in [6, 6.07) is 6.23. The molecule has 0 aliphatic rings. The third-order valence-electron chi connectivity index (χ3n) is 3.90. The number of carbonyl (C=O) groups excluding carboxylic acids is 1. The fraction of sp³-hybridized carbons (Fsp3) is 0.333. The fourth-order valence-corrected chi connectivity index (χ4v) is 4.67. The Balaban J connectivity index is 2.30. The van der Waals surface area contributed by atoms with Crippen molar-refractivity contribution in [2.75, 3.05) is 38.5 Å². The van der Waals surface area contributed by atoms with Crippen molar-refractivity contribution in [3.05, 3.63) is 51.6 Å². The van der Waals surface area contributed by atoms with Crippen LogP contribution in [-0.4, -0.2) is 52.9 Å². The topological polar surface area (TPSA) is 88.6 Å². The number of benzene rings is 1. The number of hydrogen-bond donors (Lipinski definition) is 1. The lowest BCUT2D eigenvalue weighted by Gasteiger charge is -2.17. The van der Waals surface area contributed by atoms with Gasteiger partial charge in [0.05, 0.1) is 32.9 Å². The number of sulfone groups is 1. The Morgan fingerprint density at radius 2 is 1.96 bits per heavy atom. The van der Waals surface area contributed by atoms with E-state index in [0.29, 0.717) is 5.82 Å². The van der Waals surface area contributed by atoms with E-state index in [1.807, 2.05) is 25.1 Å². The maximum atomic E-state index is 12.7. The van der Waals surface area contributed by atoms with Gasteiger partial charge in [-0.25, -0.2) is 13.4 Å². The van der Waals surface area contributed by atoms with Crippen LogP contribution >= 0.6 is 23.2 Å². The summed E-state index contributed by atoms with van der Waals surface area (Å²) in [5, 5.41) is 2.57. The minimum absolute atomic E-state index is 0.0110. The van der Waals surface area contributed by atoms with Gasteiger partial charge in [0.1, 0.15) is 5.82 Å². The number of rotatable bonds is 8. The van der Waals surface area contributed by atoms with E-state index >= 15 is 0 Å². The number of amides is 1. The highest BCUT2D eigenvalue weighted by atomic mass is 35.5. The minimum Gasteiger partial charge on any atom is -0.384 e. The SMILES string of the molecule is COCCS(=O)(=O)c1ccc(Cl)c(C(=O)NCc2cccnc2N(C)C)c1Cl. The number of ether oxygens (including phenoxy) is 1. The maximum absolute atomic E-state index is 12.7. The summed E-state index contributed by atoms with van der Waals surface area (Å²) in [6.07, 6.45) is 1.66. The summed E-state index contributed by atoms with van der Waals surface area (Å²) >= 11 is 12.4. The Morgan fingerprint density at radius 1 is 1.25 bits per heavy atom. The molecule has 1 N–H and O–H groups in total. The van der Waals surface area contributed by atoms with Gasteiger partial charge in [-0.15, -0.1) is 0 Å². The van der Waals surface area contributed by atoms with Crippen LogP contribution in [0.1, 0.15) is 15.9 Å². The molecule has 0 saturated carbocycles. The van der Waals surface area contributed by atoms with E-state index in [-0.39, 0.29) is 39.4 Å². The number of anilines is 1. The monoisotopic (exact) mass is 445 g/mol. The third kappa shape index (κ3) is 5.14. The molecule has 0 radical (unpaired) electrons. The molecular weight excluding hydrogens is 425 g/mol. The van der Waals surface area contributed by atoms with Crippen molar-refractivity contribution in [2.24, 2.45) is 0 Å². The number of aromatic nitrogens is 1. The first-order valence-corrected chi connectivity index (χ1v) is 10.7. The Morgan fingerprint density at radius 3 is 2.61 bits per heavy atom. The zero-order valence-electron chi connectivity index (χ0n) is 15.7. The first-order chi connectivity index (χ1) is 13.2. The van der Waals surface area contributed by atoms with Crippen LogP contribution in [0.3, 0.4) is 0 Å². The molecule has 0 aliphatic heterocycles. The third-order valence-corrected chi connectivity index (χ3v) is 6.44. The standard InChI is InChI=1S/C18H21Cl2N3O4S/c1-23(2)17-12(5-4-8-21-17)11-22-18(24)15-13(19)6-7-14(16(15)20)28(25,26)10-9-27-3/h4-8H,9-11H2,1-3H3,(H,22,24). The quantitative estimate of drug-likeness (QED) is 0.671. The highest BCUT2D eigenvalue weighted by Crippen LogP contribution is 2.32. The number of halogens is 2. The van der Waals surface area contributed by atoms with E-state index in [4.69, 9.17) is 27.9 Å². The molecule has 0 spiro atoms. The van der Waals surface area contributed by atoms with Gasteiger partial charge in [-0.05, 0) is 18.2 Å². The molecule has 28 heavy (non-hydrogen) atoms. The summed E-state index contributed by atoms with van der Waals surface area (Å²) in [5.74, 6) is -0.128. The summed E-state index contributed by atoms with van der Waals surface area (Å²) in [7, 11) is 1.36. The van der Waals surface area contributed by atoms with Crippen molar-refractivity contribution >= 4 is 44.8 Å². The smallest absolute Gasteiger partial charge is 0.254 e. The van der Waals surface area contributed by atoms with Gasteiger partial charge >= 0.3 is 0 Å². The lowest BCUT2D eigenvalue weighted by atomic mass is 10.2. The normalized spacial score (nSPS) is 11.3. The first kappa shape index (κ1) is 22.4. The van der Waals surface area contributed by atoms with Gasteiger partial charge in [0.2, 0.25) is 0 Å². The van der Waals surface area contributed by atoms with Crippen LogP contribution in [0.4, 0.5) is 5.82 Å². The van der Waals surface area contributed by atoms with Gasteiger partial charge < -0.3 is 15.0 Å². The molecule has 0 fully saturated rings. The van der Waals surface area contributed by atoms with E-state index in [1.165, 1.54) is 19.2 Å². The van der Waals surface area contributed by atoms with Crippen molar-refractivity contribution in [3.8, 4) is 0 Å². The molecule has 0 aliphatic carbocycles. The second kappa shape index (κ2) is 9.56. The maximum Gasteiger partial charge on any atom is 0.254 e. The molecular formula is C18H21Cl2N3O4S. The van der Waals surface area contributed by atoms with Crippen LogP contribution in [0.2, 0.25) is 10.0 Å². The van der Waals surface area contributed by atoms with Crippen LogP contribution in [0.15, 0.2) is 35.4 Å². The number of pyridine rings is 1. The number of nitrogens with one attached hydrogen (secondary N) is 1. The number of hydrogen-bond acceptors (Lipinski definition) is 6. The molecule has 10 heteroatoms.